The average molecular weight is 449 g/mol. The average Bonchev–Trinajstić information content (AvgIpc) is 2.66. The Labute approximate surface area is 172 Å². The summed E-state index contributed by atoms with van der Waals surface area (Å²) in [5, 5.41) is 5.82. The minimum Gasteiger partial charge on any atom is -0.493 e. The number of nitrogens with one attached hydrogen (secondary N) is 2. The lowest BCUT2D eigenvalue weighted by Crippen LogP contribution is -2.34. The number of thiocarbonyl (C=S) groups is 1. The van der Waals surface area contributed by atoms with E-state index in [1.54, 1.807) is 24.3 Å². The van der Waals surface area contributed by atoms with Crippen molar-refractivity contribution >= 4 is 44.9 Å². The first-order chi connectivity index (χ1) is 13.0. The summed E-state index contributed by atoms with van der Waals surface area (Å²) in [6.07, 6.45) is 2.50. The molecule has 142 valence electrons. The van der Waals surface area contributed by atoms with E-state index in [4.69, 9.17) is 21.7 Å². The quantitative estimate of drug-likeness (QED) is 0.442. The third kappa shape index (κ3) is 6.37. The fraction of sp³-hybridized carbons (Fsp3) is 0.200. The molecule has 27 heavy (non-hydrogen) atoms. The van der Waals surface area contributed by atoms with E-state index in [0.717, 1.165) is 10.9 Å². The van der Waals surface area contributed by atoms with Gasteiger partial charge in [-0.1, -0.05) is 47.6 Å². The Hall–Kier alpha value is -2.38. The van der Waals surface area contributed by atoms with Crippen molar-refractivity contribution < 1.29 is 14.3 Å². The molecule has 0 aliphatic carbocycles. The first-order valence-electron chi connectivity index (χ1n) is 8.42. The number of ether oxygens (including phenoxy) is 2. The van der Waals surface area contributed by atoms with Crippen LogP contribution in [0.2, 0.25) is 0 Å². The van der Waals surface area contributed by atoms with Gasteiger partial charge in [0.15, 0.2) is 5.11 Å². The number of amides is 1. The van der Waals surface area contributed by atoms with Gasteiger partial charge in [-0.15, -0.1) is 0 Å². The molecule has 0 atom stereocenters. The largest absolute Gasteiger partial charge is 0.493 e. The van der Waals surface area contributed by atoms with Crippen LogP contribution in [-0.4, -0.2) is 24.2 Å². The standard InChI is InChI=1S/C20H21BrN2O3S/c1-3-11-25-17-10-9-14(21)13-15(17)19(24)23-20(27)22-16-7-5-6-8-18(16)26-12-4-2/h4-10,13H,2-3,11-12H2,1H3,(H2,22,23,24,27). The summed E-state index contributed by atoms with van der Waals surface area (Å²) in [5.74, 6) is 0.767. The zero-order valence-corrected chi connectivity index (χ0v) is 17.4. The summed E-state index contributed by atoms with van der Waals surface area (Å²) in [6.45, 7) is 6.53. The van der Waals surface area contributed by atoms with E-state index in [9.17, 15) is 4.79 Å². The van der Waals surface area contributed by atoms with Crippen molar-refractivity contribution in [3.05, 3.63) is 65.2 Å². The molecule has 2 N–H and O–H groups in total. The molecule has 0 radical (unpaired) electrons. The molecule has 0 aliphatic rings. The molecule has 0 aliphatic heterocycles. The summed E-state index contributed by atoms with van der Waals surface area (Å²) in [4.78, 5) is 12.7. The topological polar surface area (TPSA) is 59.6 Å². The number of rotatable bonds is 8. The highest BCUT2D eigenvalue weighted by atomic mass is 79.9. The fourth-order valence-corrected chi connectivity index (χ4v) is 2.75. The lowest BCUT2D eigenvalue weighted by molar-refractivity contribution is 0.0973. The van der Waals surface area contributed by atoms with Gasteiger partial charge in [0, 0.05) is 4.47 Å². The maximum absolute atomic E-state index is 12.7. The Morgan fingerprint density at radius 2 is 2.00 bits per heavy atom. The number of carbonyl (C=O) groups excluding carboxylic acids is 1. The van der Waals surface area contributed by atoms with Crippen molar-refractivity contribution in [1.82, 2.24) is 5.32 Å². The van der Waals surface area contributed by atoms with Crippen LogP contribution in [0, 0.1) is 0 Å². The van der Waals surface area contributed by atoms with Crippen molar-refractivity contribution in [2.75, 3.05) is 18.5 Å². The molecular formula is C20H21BrN2O3S. The van der Waals surface area contributed by atoms with E-state index in [2.05, 4.69) is 33.1 Å². The number of halogens is 1. The Balaban J connectivity index is 2.09. The van der Waals surface area contributed by atoms with Crippen molar-refractivity contribution in [2.45, 2.75) is 13.3 Å². The highest BCUT2D eigenvalue weighted by molar-refractivity contribution is 9.10. The molecule has 0 spiro atoms. The van der Waals surface area contributed by atoms with Crippen LogP contribution in [0.5, 0.6) is 11.5 Å². The third-order valence-electron chi connectivity index (χ3n) is 3.37. The Bertz CT molecular complexity index is 827. The van der Waals surface area contributed by atoms with Gasteiger partial charge in [-0.05, 0) is 49.0 Å². The maximum Gasteiger partial charge on any atom is 0.261 e. The monoisotopic (exact) mass is 448 g/mol. The molecular weight excluding hydrogens is 428 g/mol. The van der Waals surface area contributed by atoms with E-state index < -0.39 is 0 Å². The van der Waals surface area contributed by atoms with Gasteiger partial charge >= 0.3 is 0 Å². The molecule has 0 fully saturated rings. The molecule has 0 unspecified atom stereocenters. The van der Waals surface area contributed by atoms with Crippen LogP contribution in [0.1, 0.15) is 23.7 Å². The number of carbonyl (C=O) groups is 1. The smallest absolute Gasteiger partial charge is 0.261 e. The summed E-state index contributed by atoms with van der Waals surface area (Å²) in [6, 6.07) is 12.6. The van der Waals surface area contributed by atoms with Crippen LogP contribution in [0.4, 0.5) is 5.69 Å². The van der Waals surface area contributed by atoms with Crippen LogP contribution < -0.4 is 20.1 Å². The van der Waals surface area contributed by atoms with E-state index in [-0.39, 0.29) is 11.0 Å². The van der Waals surface area contributed by atoms with E-state index in [0.29, 0.717) is 36.0 Å². The number of anilines is 1. The molecule has 1 amide bonds. The van der Waals surface area contributed by atoms with Gasteiger partial charge in [-0.25, -0.2) is 0 Å². The SMILES string of the molecule is C=CCOc1ccccc1NC(=S)NC(=O)c1cc(Br)ccc1OCCC. The first kappa shape index (κ1) is 20.9. The zero-order chi connectivity index (χ0) is 19.6. The van der Waals surface area contributed by atoms with E-state index >= 15 is 0 Å². The van der Waals surface area contributed by atoms with Gasteiger partial charge in [0.2, 0.25) is 0 Å². The Kier molecular flexibility index (Phi) is 8.29. The van der Waals surface area contributed by atoms with Gasteiger partial charge in [0.1, 0.15) is 18.1 Å². The minimum absolute atomic E-state index is 0.163. The third-order valence-corrected chi connectivity index (χ3v) is 4.06. The van der Waals surface area contributed by atoms with Crippen molar-refractivity contribution in [3.8, 4) is 11.5 Å². The second kappa shape index (κ2) is 10.7. The van der Waals surface area contributed by atoms with Gasteiger partial charge < -0.3 is 14.8 Å². The molecule has 2 aromatic rings. The molecule has 0 saturated heterocycles. The molecule has 0 aromatic heterocycles. The summed E-state index contributed by atoms with van der Waals surface area (Å²) >= 11 is 8.65. The van der Waals surface area contributed by atoms with Crippen LogP contribution in [0.15, 0.2) is 59.6 Å². The minimum atomic E-state index is -0.357. The number of benzene rings is 2. The number of hydrogen-bond donors (Lipinski definition) is 2. The van der Waals surface area contributed by atoms with Crippen LogP contribution in [0.25, 0.3) is 0 Å². The van der Waals surface area contributed by atoms with Crippen molar-refractivity contribution in [3.63, 3.8) is 0 Å². The molecule has 5 nitrogen and oxygen atoms in total. The number of para-hydroxylation sites is 2. The van der Waals surface area contributed by atoms with Gasteiger partial charge in [0.25, 0.3) is 5.91 Å². The first-order valence-corrected chi connectivity index (χ1v) is 9.62. The van der Waals surface area contributed by atoms with Gasteiger partial charge in [0.05, 0.1) is 17.9 Å². The highest BCUT2D eigenvalue weighted by Gasteiger charge is 2.15. The molecule has 7 heteroatoms. The Morgan fingerprint density at radius 1 is 1.22 bits per heavy atom. The van der Waals surface area contributed by atoms with Crippen LogP contribution in [-0.2, 0) is 0 Å². The van der Waals surface area contributed by atoms with E-state index in [1.165, 1.54) is 0 Å². The summed E-state index contributed by atoms with van der Waals surface area (Å²) < 4.78 is 12.0. The lowest BCUT2D eigenvalue weighted by Gasteiger charge is -2.15. The molecule has 2 aromatic carbocycles. The molecule has 0 heterocycles. The summed E-state index contributed by atoms with van der Waals surface area (Å²) in [5.41, 5.74) is 1.06. The van der Waals surface area contributed by atoms with Crippen molar-refractivity contribution in [2.24, 2.45) is 0 Å². The highest BCUT2D eigenvalue weighted by Crippen LogP contribution is 2.25. The van der Waals surface area contributed by atoms with E-state index in [1.807, 2.05) is 31.2 Å². The maximum atomic E-state index is 12.7. The van der Waals surface area contributed by atoms with Gasteiger partial charge in [-0.3, -0.25) is 10.1 Å². The van der Waals surface area contributed by atoms with Crippen molar-refractivity contribution in [1.29, 1.82) is 0 Å². The van der Waals surface area contributed by atoms with Crippen LogP contribution in [0.3, 0.4) is 0 Å². The van der Waals surface area contributed by atoms with Gasteiger partial charge in [-0.2, -0.15) is 0 Å². The second-order valence-corrected chi connectivity index (χ2v) is 6.82. The normalized spacial score (nSPS) is 10.0. The molecule has 0 saturated carbocycles. The second-order valence-electron chi connectivity index (χ2n) is 5.49. The molecule has 2 rings (SSSR count). The zero-order valence-electron chi connectivity index (χ0n) is 15.0. The molecule has 0 bridgehead atoms. The van der Waals surface area contributed by atoms with Crippen LogP contribution >= 0.6 is 28.1 Å². The lowest BCUT2D eigenvalue weighted by atomic mass is 10.2. The number of hydrogen-bond acceptors (Lipinski definition) is 4. The predicted octanol–water partition coefficient (Wildman–Crippen LogP) is 4.93. The fourth-order valence-electron chi connectivity index (χ4n) is 2.19. The summed E-state index contributed by atoms with van der Waals surface area (Å²) in [7, 11) is 0. The Morgan fingerprint density at radius 3 is 2.74 bits per heavy atom. The predicted molar refractivity (Wildman–Crippen MR) is 116 cm³/mol.